The Bertz CT molecular complexity index is 1780. The maximum Gasteiger partial charge on any atom is 0.205 e. The van der Waals surface area contributed by atoms with Gasteiger partial charge >= 0.3 is 0 Å². The van der Waals surface area contributed by atoms with Crippen LogP contribution in [0.25, 0.3) is 0 Å². The molecule has 1 aliphatic rings. The van der Waals surface area contributed by atoms with Gasteiger partial charge in [0.15, 0.2) is 12.3 Å². The number of hydrogen-bond acceptors (Lipinski definition) is 6. The smallest absolute Gasteiger partial charge is 0.205 e. The normalized spacial score (nSPS) is 15.6. The number of nitrogens with zero attached hydrogens (tertiary/aromatic N) is 2. The summed E-state index contributed by atoms with van der Waals surface area (Å²) in [7, 11) is -0.633. The van der Waals surface area contributed by atoms with Crippen molar-refractivity contribution in [2.75, 3.05) is 32.1 Å². The van der Waals surface area contributed by atoms with Gasteiger partial charge in [0.2, 0.25) is 5.69 Å². The lowest BCUT2D eigenvalue weighted by Gasteiger charge is -2.28. The first-order valence-electron chi connectivity index (χ1n) is 15.0. The maximum absolute atomic E-state index is 12.0. The largest absolute Gasteiger partial charge is 0.744 e. The van der Waals surface area contributed by atoms with Crippen molar-refractivity contribution >= 4 is 27.7 Å². The predicted molar refractivity (Wildman–Crippen MR) is 181 cm³/mol. The number of allylic oxidation sites excluding steroid dienone is 2. The number of anilines is 1. The van der Waals surface area contributed by atoms with E-state index < -0.39 is 10.1 Å². The molecular weight excluding hydrogens is 580 g/mol. The average Bonchev–Trinajstić information content (AvgIpc) is 3.07. The first-order valence-corrected chi connectivity index (χ1v) is 16.4. The molecule has 0 aromatic heterocycles. The van der Waals surface area contributed by atoms with E-state index in [0.29, 0.717) is 19.5 Å². The maximum atomic E-state index is 12.0. The zero-order valence-corrected chi connectivity index (χ0v) is 26.5. The third-order valence-corrected chi connectivity index (χ3v) is 9.28. The van der Waals surface area contributed by atoms with Gasteiger partial charge < -0.3 is 20.9 Å². The summed E-state index contributed by atoms with van der Waals surface area (Å²) in [4.78, 5) is 1.80. The van der Waals surface area contributed by atoms with E-state index in [9.17, 15) is 13.0 Å². The molecule has 0 fully saturated rings. The number of nitrogens with two attached hydrogens (primary N) is 2. The van der Waals surface area contributed by atoms with E-state index in [0.717, 1.165) is 33.6 Å². The molecule has 232 valence electrons. The van der Waals surface area contributed by atoms with Crippen LogP contribution >= 0.6 is 0 Å². The van der Waals surface area contributed by atoms with Gasteiger partial charge in [-0.05, 0) is 47.5 Å². The number of rotatable bonds is 11. The van der Waals surface area contributed by atoms with Crippen LogP contribution in [0.4, 0.5) is 11.4 Å². The Labute approximate surface area is 266 Å². The Morgan fingerprint density at radius 2 is 1.51 bits per heavy atom. The molecule has 0 aliphatic heterocycles. The molecule has 5 rings (SSSR count). The number of para-hydroxylation sites is 1. The highest BCUT2D eigenvalue weighted by Crippen LogP contribution is 2.33. The Hall–Kier alpha value is -4.34. The highest BCUT2D eigenvalue weighted by Gasteiger charge is 2.28. The van der Waals surface area contributed by atoms with Gasteiger partial charge in [0.25, 0.3) is 0 Å². The summed E-state index contributed by atoms with van der Waals surface area (Å²) in [6, 6.07) is 32.7. The fourth-order valence-corrected chi connectivity index (χ4v) is 6.13. The van der Waals surface area contributed by atoms with Crippen molar-refractivity contribution in [3.63, 3.8) is 0 Å². The molecule has 4 aromatic carbocycles. The van der Waals surface area contributed by atoms with Gasteiger partial charge in [-0.2, -0.15) is 4.58 Å². The Balaban J connectivity index is 1.56. The monoisotopic (exact) mass is 620 g/mol. The standard InChI is InChI=1S/C37H40N4O3S/c1-40(2)33-17-13-29(14-18-33)25-41(34-8-4-3-5-9-34)36(32-7-6-10-35(24-32)45(42,43)44)23-28-11-15-30(16-12-28)31-19-21-37(26-38,27-39)22-20-31/h3-22,24-25,31,36H,23,26-27,38-39H2,1-2H3. The van der Waals surface area contributed by atoms with Gasteiger partial charge in [-0.1, -0.05) is 78.9 Å². The lowest BCUT2D eigenvalue weighted by Crippen LogP contribution is -2.35. The summed E-state index contributed by atoms with van der Waals surface area (Å²) < 4.78 is 38.3. The second kappa shape index (κ2) is 13.7. The molecule has 7 nitrogen and oxygen atoms in total. The summed E-state index contributed by atoms with van der Waals surface area (Å²) in [5.74, 6) is 0.124. The fourth-order valence-electron chi connectivity index (χ4n) is 5.61. The summed E-state index contributed by atoms with van der Waals surface area (Å²) in [6.07, 6.45) is 11.2. The average molecular weight is 621 g/mol. The second-order valence-electron chi connectivity index (χ2n) is 11.7. The molecule has 0 heterocycles. The molecule has 8 heteroatoms. The van der Waals surface area contributed by atoms with Crippen molar-refractivity contribution in [2.45, 2.75) is 23.3 Å². The van der Waals surface area contributed by atoms with Crippen molar-refractivity contribution in [3.8, 4) is 0 Å². The Kier molecular flexibility index (Phi) is 9.80. The van der Waals surface area contributed by atoms with E-state index in [1.165, 1.54) is 12.1 Å². The fraction of sp³-hybridized carbons (Fsp3) is 0.216. The third-order valence-electron chi connectivity index (χ3n) is 8.44. The third kappa shape index (κ3) is 7.67. The quantitative estimate of drug-likeness (QED) is 0.0988. The molecule has 4 aromatic rings. The minimum Gasteiger partial charge on any atom is -0.744 e. The highest BCUT2D eigenvalue weighted by atomic mass is 32.2. The van der Waals surface area contributed by atoms with Gasteiger partial charge in [0, 0.05) is 73.9 Å². The molecular formula is C37H40N4O3S. The van der Waals surface area contributed by atoms with Gasteiger partial charge in [-0.25, -0.2) is 8.42 Å². The summed E-state index contributed by atoms with van der Waals surface area (Å²) in [5, 5.41) is 0. The van der Waals surface area contributed by atoms with Crippen LogP contribution in [0.1, 0.15) is 34.2 Å². The Morgan fingerprint density at radius 3 is 2.09 bits per heavy atom. The minimum atomic E-state index is -4.64. The summed E-state index contributed by atoms with van der Waals surface area (Å²) >= 11 is 0. The van der Waals surface area contributed by atoms with E-state index in [4.69, 9.17) is 11.5 Å². The molecule has 1 unspecified atom stereocenters. The van der Waals surface area contributed by atoms with Crippen LogP contribution in [0, 0.1) is 5.41 Å². The van der Waals surface area contributed by atoms with Crippen LogP contribution in [0.2, 0.25) is 0 Å². The summed E-state index contributed by atoms with van der Waals surface area (Å²) in [5.41, 5.74) is 17.6. The van der Waals surface area contributed by atoms with Crippen molar-refractivity contribution in [3.05, 3.63) is 150 Å². The number of benzene rings is 4. The second-order valence-corrected chi connectivity index (χ2v) is 13.1. The van der Waals surface area contributed by atoms with Gasteiger partial charge in [-0.15, -0.1) is 0 Å². The van der Waals surface area contributed by atoms with E-state index in [2.05, 4.69) is 83.6 Å². The van der Waals surface area contributed by atoms with Crippen LogP contribution in [-0.2, 0) is 16.5 Å². The molecule has 0 amide bonds. The molecule has 0 spiro atoms. The van der Waals surface area contributed by atoms with E-state index in [1.807, 2.05) is 55.4 Å². The number of hydrogen-bond donors (Lipinski definition) is 2. The van der Waals surface area contributed by atoms with Gasteiger partial charge in [0.1, 0.15) is 10.1 Å². The van der Waals surface area contributed by atoms with E-state index in [-0.39, 0.29) is 22.3 Å². The van der Waals surface area contributed by atoms with Gasteiger partial charge in [0.05, 0.1) is 4.90 Å². The minimum absolute atomic E-state index is 0.124. The van der Waals surface area contributed by atoms with Crippen molar-refractivity contribution < 1.29 is 17.5 Å². The highest BCUT2D eigenvalue weighted by molar-refractivity contribution is 7.85. The molecule has 4 N–H and O–H groups in total. The molecule has 1 aliphatic carbocycles. The van der Waals surface area contributed by atoms with Crippen LogP contribution in [0.5, 0.6) is 0 Å². The lowest BCUT2D eigenvalue weighted by molar-refractivity contribution is -0.486. The summed E-state index contributed by atoms with van der Waals surface area (Å²) in [6.45, 7) is 0.931. The van der Waals surface area contributed by atoms with Crippen molar-refractivity contribution in [2.24, 2.45) is 16.9 Å². The van der Waals surface area contributed by atoms with Crippen molar-refractivity contribution in [1.82, 2.24) is 0 Å². The van der Waals surface area contributed by atoms with Gasteiger partial charge in [-0.3, -0.25) is 0 Å². The first-order chi connectivity index (χ1) is 21.6. The van der Waals surface area contributed by atoms with Crippen LogP contribution in [0.15, 0.2) is 132 Å². The zero-order valence-electron chi connectivity index (χ0n) is 25.7. The predicted octanol–water partition coefficient (Wildman–Crippen LogP) is 5.52. The molecule has 1 atom stereocenters. The Morgan fingerprint density at radius 1 is 0.867 bits per heavy atom. The molecule has 0 radical (unpaired) electrons. The van der Waals surface area contributed by atoms with Crippen LogP contribution in [0.3, 0.4) is 0 Å². The van der Waals surface area contributed by atoms with Crippen LogP contribution < -0.4 is 16.4 Å². The molecule has 0 bridgehead atoms. The molecule has 45 heavy (non-hydrogen) atoms. The lowest BCUT2D eigenvalue weighted by atomic mass is 9.80. The zero-order chi connectivity index (χ0) is 32.0. The van der Waals surface area contributed by atoms with E-state index >= 15 is 0 Å². The molecule has 0 saturated carbocycles. The SMILES string of the molecule is CN(C)c1ccc(C=[N+](c2ccccc2)C(Cc2ccc(C3C=CC(CN)(CN)C=C3)cc2)c2cccc(S(=O)(=O)[O-])c2)cc1. The van der Waals surface area contributed by atoms with E-state index in [1.54, 1.807) is 6.07 Å². The van der Waals surface area contributed by atoms with Crippen molar-refractivity contribution in [1.29, 1.82) is 0 Å². The topological polar surface area (TPSA) is 115 Å². The first kappa shape index (κ1) is 32.1. The molecule has 0 saturated heterocycles. The van der Waals surface area contributed by atoms with Crippen LogP contribution in [-0.4, -0.2) is 50.9 Å².